The van der Waals surface area contributed by atoms with Gasteiger partial charge in [-0.3, -0.25) is 24.5 Å². The van der Waals surface area contributed by atoms with Crippen LogP contribution in [0.1, 0.15) is 67.3 Å². The molecule has 1 fully saturated rings. The summed E-state index contributed by atoms with van der Waals surface area (Å²) in [5.41, 5.74) is 10.1. The molecule has 6 rings (SSSR count). The summed E-state index contributed by atoms with van der Waals surface area (Å²) in [4.78, 5) is 55.0. The molecule has 50 heavy (non-hydrogen) atoms. The minimum absolute atomic E-state index is 0.000851. The van der Waals surface area contributed by atoms with Crippen LogP contribution in [-0.4, -0.2) is 79.2 Å². The second kappa shape index (κ2) is 16.0. The van der Waals surface area contributed by atoms with Crippen molar-refractivity contribution in [3.05, 3.63) is 71.8 Å². The Hall–Kier alpha value is -5.86. The minimum atomic E-state index is -0.626. The highest BCUT2D eigenvalue weighted by molar-refractivity contribution is 6.06. The molecule has 2 aromatic carbocycles. The molecule has 0 bridgehead atoms. The van der Waals surface area contributed by atoms with Crippen molar-refractivity contribution in [2.24, 2.45) is 0 Å². The summed E-state index contributed by atoms with van der Waals surface area (Å²) in [6.07, 6.45) is 5.78. The van der Waals surface area contributed by atoms with Crippen LogP contribution in [0.4, 0.5) is 17.6 Å². The maximum atomic E-state index is 13.0. The molecule has 15 heteroatoms. The summed E-state index contributed by atoms with van der Waals surface area (Å²) in [5.74, 6) is 0.0720. The highest BCUT2D eigenvalue weighted by Gasteiger charge is 2.39. The summed E-state index contributed by atoms with van der Waals surface area (Å²) < 4.78 is 1.41. The SMILES string of the molecule is Nc1nc(NCCNC(=O)CCCCCCCNc2cccc3c2CN(C2CCC(=O)NC2=O)C3=O)nn1-c1ccc(-c2ccccc2)nn1. The number of carbonyl (C=O) groups is 4. The third kappa shape index (κ3) is 8.22. The molecule has 15 nitrogen and oxygen atoms in total. The fourth-order valence-electron chi connectivity index (χ4n) is 6.15. The summed E-state index contributed by atoms with van der Waals surface area (Å²) >= 11 is 0. The Balaban J connectivity index is 0.827. The number of piperidine rings is 1. The first-order valence-corrected chi connectivity index (χ1v) is 17.0. The maximum absolute atomic E-state index is 13.0. The molecule has 260 valence electrons. The number of rotatable bonds is 16. The smallest absolute Gasteiger partial charge is 0.255 e. The van der Waals surface area contributed by atoms with Gasteiger partial charge in [0.15, 0.2) is 5.82 Å². The van der Waals surface area contributed by atoms with Crippen LogP contribution in [0.15, 0.2) is 60.7 Å². The van der Waals surface area contributed by atoms with Gasteiger partial charge in [-0.2, -0.15) is 9.67 Å². The lowest BCUT2D eigenvalue weighted by Crippen LogP contribution is -2.52. The zero-order chi connectivity index (χ0) is 34.9. The van der Waals surface area contributed by atoms with Gasteiger partial charge < -0.3 is 26.6 Å². The summed E-state index contributed by atoms with van der Waals surface area (Å²) in [7, 11) is 0. The number of nitrogens with one attached hydrogen (secondary N) is 4. The first kappa shape index (κ1) is 34.0. The molecule has 2 aliphatic rings. The van der Waals surface area contributed by atoms with Crippen molar-refractivity contribution in [2.75, 3.05) is 36.0 Å². The number of unbranched alkanes of at least 4 members (excludes halogenated alkanes) is 4. The van der Waals surface area contributed by atoms with E-state index < -0.39 is 11.9 Å². The number of nitrogens with zero attached hydrogens (tertiary/aromatic N) is 6. The average molecular weight is 680 g/mol. The van der Waals surface area contributed by atoms with Gasteiger partial charge in [-0.05, 0) is 43.5 Å². The van der Waals surface area contributed by atoms with Gasteiger partial charge >= 0.3 is 0 Å². The number of nitrogens with two attached hydrogens (primary N) is 1. The van der Waals surface area contributed by atoms with Gasteiger partial charge in [0.05, 0.1) is 5.69 Å². The van der Waals surface area contributed by atoms with Crippen LogP contribution in [0.5, 0.6) is 0 Å². The number of hydrogen-bond donors (Lipinski definition) is 5. The highest BCUT2D eigenvalue weighted by Crippen LogP contribution is 2.32. The van der Waals surface area contributed by atoms with Gasteiger partial charge in [0.1, 0.15) is 6.04 Å². The maximum Gasteiger partial charge on any atom is 0.255 e. The molecule has 0 aliphatic carbocycles. The first-order valence-electron chi connectivity index (χ1n) is 17.0. The van der Waals surface area contributed by atoms with Gasteiger partial charge in [-0.15, -0.1) is 15.3 Å². The van der Waals surface area contributed by atoms with Gasteiger partial charge in [0.2, 0.25) is 29.6 Å². The topological polar surface area (TPSA) is 202 Å². The van der Waals surface area contributed by atoms with Gasteiger partial charge in [0, 0.05) is 61.4 Å². The van der Waals surface area contributed by atoms with Crippen molar-refractivity contribution < 1.29 is 19.2 Å². The predicted octanol–water partition coefficient (Wildman–Crippen LogP) is 3.05. The van der Waals surface area contributed by atoms with Crippen molar-refractivity contribution in [2.45, 2.75) is 64.0 Å². The number of hydrogen-bond acceptors (Lipinski definition) is 11. The first-order chi connectivity index (χ1) is 24.4. The fourth-order valence-corrected chi connectivity index (χ4v) is 6.15. The third-order valence-electron chi connectivity index (χ3n) is 8.78. The fraction of sp³-hybridized carbons (Fsp3) is 0.371. The number of carbonyl (C=O) groups excluding carboxylic acids is 4. The lowest BCUT2D eigenvalue weighted by molar-refractivity contribution is -0.137. The Morgan fingerprint density at radius 1 is 0.880 bits per heavy atom. The van der Waals surface area contributed by atoms with Crippen LogP contribution in [0, 0.1) is 0 Å². The van der Waals surface area contributed by atoms with E-state index in [4.69, 9.17) is 5.73 Å². The second-order valence-electron chi connectivity index (χ2n) is 12.3. The molecule has 2 aromatic heterocycles. The van der Waals surface area contributed by atoms with E-state index in [-0.39, 0.29) is 30.1 Å². The van der Waals surface area contributed by atoms with Crippen LogP contribution in [0.3, 0.4) is 0 Å². The average Bonchev–Trinajstić information content (AvgIpc) is 3.67. The zero-order valence-electron chi connectivity index (χ0n) is 27.7. The van der Waals surface area contributed by atoms with E-state index in [1.807, 2.05) is 48.5 Å². The van der Waals surface area contributed by atoms with E-state index in [0.29, 0.717) is 49.8 Å². The molecule has 1 unspecified atom stereocenters. The highest BCUT2D eigenvalue weighted by atomic mass is 16.2. The monoisotopic (exact) mass is 679 g/mol. The van der Waals surface area contributed by atoms with Crippen LogP contribution < -0.4 is 27.0 Å². The Morgan fingerprint density at radius 3 is 2.50 bits per heavy atom. The number of fused-ring (bicyclic) bond motifs is 1. The number of amides is 4. The Kier molecular flexibility index (Phi) is 10.9. The van der Waals surface area contributed by atoms with E-state index in [0.717, 1.165) is 61.2 Å². The van der Waals surface area contributed by atoms with E-state index in [2.05, 4.69) is 41.5 Å². The molecule has 0 radical (unpaired) electrons. The van der Waals surface area contributed by atoms with Crippen LogP contribution in [0.2, 0.25) is 0 Å². The number of nitrogen functional groups attached to an aromatic ring is 1. The molecule has 4 amide bonds. The van der Waals surface area contributed by atoms with E-state index in [9.17, 15) is 19.2 Å². The predicted molar refractivity (Wildman–Crippen MR) is 187 cm³/mol. The molecule has 4 heterocycles. The summed E-state index contributed by atoms with van der Waals surface area (Å²) in [6, 6.07) is 18.3. The number of anilines is 3. The number of imide groups is 1. The molecule has 1 atom stereocenters. The zero-order valence-corrected chi connectivity index (χ0v) is 27.7. The normalized spacial score (nSPS) is 15.5. The van der Waals surface area contributed by atoms with Gasteiger partial charge in [-0.25, -0.2) is 0 Å². The number of aromatic nitrogens is 5. The van der Waals surface area contributed by atoms with Crippen molar-refractivity contribution in [1.82, 2.24) is 40.5 Å². The van der Waals surface area contributed by atoms with Crippen molar-refractivity contribution in [3.8, 4) is 17.1 Å². The van der Waals surface area contributed by atoms with Crippen LogP contribution in [0.25, 0.3) is 17.1 Å². The molecule has 1 saturated heterocycles. The molecule has 2 aliphatic heterocycles. The van der Waals surface area contributed by atoms with Crippen molar-refractivity contribution in [1.29, 1.82) is 0 Å². The van der Waals surface area contributed by atoms with Gasteiger partial charge in [-0.1, -0.05) is 55.7 Å². The quantitative estimate of drug-likeness (QED) is 0.0861. The van der Waals surface area contributed by atoms with Crippen LogP contribution >= 0.6 is 0 Å². The Labute approximate surface area is 289 Å². The largest absolute Gasteiger partial charge is 0.385 e. The summed E-state index contributed by atoms with van der Waals surface area (Å²) in [6.45, 7) is 1.96. The molecule has 4 aromatic rings. The van der Waals surface area contributed by atoms with Gasteiger partial charge in [0.25, 0.3) is 5.91 Å². The minimum Gasteiger partial charge on any atom is -0.385 e. The molecular formula is C35H41N11O4. The van der Waals surface area contributed by atoms with Crippen molar-refractivity contribution >= 4 is 41.2 Å². The van der Waals surface area contributed by atoms with E-state index in [1.54, 1.807) is 17.0 Å². The van der Waals surface area contributed by atoms with Crippen molar-refractivity contribution in [3.63, 3.8) is 0 Å². The third-order valence-corrected chi connectivity index (χ3v) is 8.78. The molecule has 0 spiro atoms. The van der Waals surface area contributed by atoms with Crippen LogP contribution in [-0.2, 0) is 20.9 Å². The summed E-state index contributed by atoms with van der Waals surface area (Å²) in [5, 5.41) is 24.6. The standard InChI is InChI=1S/C35H41N11O4/c36-34-41-35(44-46(34)29-17-15-26(42-43-29)23-10-5-4-6-11-23)39-21-20-38-30(47)14-7-2-1-3-8-19-37-27-13-9-12-24-25(27)22-45(33(24)50)28-16-18-31(48)40-32(28)49/h4-6,9-13,15,17,28,37H,1-3,7-8,14,16,18-22H2,(H,38,47)(H,40,48,49)(H3,36,39,41,44). The van der Waals surface area contributed by atoms with E-state index >= 15 is 0 Å². The Morgan fingerprint density at radius 2 is 1.70 bits per heavy atom. The lowest BCUT2D eigenvalue weighted by Gasteiger charge is -2.29. The number of benzene rings is 2. The molecular weight excluding hydrogens is 638 g/mol. The Bertz CT molecular complexity index is 1830. The second-order valence-corrected chi connectivity index (χ2v) is 12.3. The molecule has 0 saturated carbocycles. The lowest BCUT2D eigenvalue weighted by atomic mass is 10.0. The molecule has 6 N–H and O–H groups in total. The van der Waals surface area contributed by atoms with E-state index in [1.165, 1.54) is 4.68 Å².